The zero-order valence-electron chi connectivity index (χ0n) is 11.9. The van der Waals surface area contributed by atoms with Crippen LogP contribution in [0.5, 0.6) is 5.75 Å². The Bertz CT molecular complexity index is 862. The first kappa shape index (κ1) is 13.9. The van der Waals surface area contributed by atoms with Crippen LogP contribution in [0.1, 0.15) is 5.56 Å². The van der Waals surface area contributed by atoms with Crippen molar-refractivity contribution in [2.75, 3.05) is 7.11 Å². The van der Waals surface area contributed by atoms with Crippen LogP contribution in [0.15, 0.2) is 57.7 Å². The number of fused-ring (bicyclic) bond motifs is 1. The second-order valence-corrected chi connectivity index (χ2v) is 4.68. The molecule has 0 spiro atoms. The first-order valence-electron chi connectivity index (χ1n) is 6.71. The predicted molar refractivity (Wildman–Crippen MR) is 81.1 cm³/mol. The Labute approximate surface area is 125 Å². The Kier molecular flexibility index (Phi) is 3.65. The van der Waals surface area contributed by atoms with Gasteiger partial charge in [0, 0.05) is 6.54 Å². The van der Waals surface area contributed by atoms with E-state index in [2.05, 4.69) is 5.32 Å². The van der Waals surface area contributed by atoms with Crippen molar-refractivity contribution in [2.24, 2.45) is 0 Å². The molecule has 0 unspecified atom stereocenters. The molecule has 0 aliphatic carbocycles. The summed E-state index contributed by atoms with van der Waals surface area (Å²) in [5.74, 6) is 0.0422. The highest BCUT2D eigenvalue weighted by Crippen LogP contribution is 2.12. The molecule has 1 heterocycles. The lowest BCUT2D eigenvalue weighted by molar-refractivity contribution is 0.241. The minimum atomic E-state index is -0.701. The molecule has 1 N–H and O–H groups in total. The van der Waals surface area contributed by atoms with E-state index in [4.69, 9.17) is 9.15 Å². The Balaban J connectivity index is 1.78. The summed E-state index contributed by atoms with van der Waals surface area (Å²) in [6.07, 6.45) is 0. The molecule has 0 fully saturated rings. The van der Waals surface area contributed by atoms with Crippen molar-refractivity contribution in [1.82, 2.24) is 9.88 Å². The third kappa shape index (κ3) is 2.58. The van der Waals surface area contributed by atoms with Crippen LogP contribution in [-0.4, -0.2) is 17.7 Å². The van der Waals surface area contributed by atoms with Crippen molar-refractivity contribution in [3.63, 3.8) is 0 Å². The maximum absolute atomic E-state index is 12.2. The van der Waals surface area contributed by atoms with Crippen LogP contribution in [0.25, 0.3) is 11.1 Å². The summed E-state index contributed by atoms with van der Waals surface area (Å²) in [5.41, 5.74) is 1.72. The highest BCUT2D eigenvalue weighted by molar-refractivity contribution is 5.87. The van der Waals surface area contributed by atoms with Crippen molar-refractivity contribution < 1.29 is 13.9 Å². The summed E-state index contributed by atoms with van der Waals surface area (Å²) in [7, 11) is 1.59. The van der Waals surface area contributed by atoms with Gasteiger partial charge in [-0.15, -0.1) is 0 Å². The van der Waals surface area contributed by atoms with E-state index in [-0.39, 0.29) is 0 Å². The monoisotopic (exact) mass is 298 g/mol. The van der Waals surface area contributed by atoms with Crippen LogP contribution in [0.3, 0.4) is 0 Å². The van der Waals surface area contributed by atoms with Gasteiger partial charge in [0.15, 0.2) is 5.58 Å². The third-order valence-corrected chi connectivity index (χ3v) is 3.29. The Hall–Kier alpha value is -3.02. The van der Waals surface area contributed by atoms with Gasteiger partial charge in [-0.2, -0.15) is 4.57 Å². The molecule has 0 aliphatic rings. The molecular formula is C16H14N2O4. The van der Waals surface area contributed by atoms with Gasteiger partial charge in [-0.3, -0.25) is 0 Å². The topological polar surface area (TPSA) is 73.5 Å². The number of carbonyl (C=O) groups is 1. The maximum Gasteiger partial charge on any atom is 0.428 e. The zero-order chi connectivity index (χ0) is 15.5. The van der Waals surface area contributed by atoms with E-state index in [1.165, 1.54) is 0 Å². The van der Waals surface area contributed by atoms with Crippen molar-refractivity contribution in [1.29, 1.82) is 0 Å². The zero-order valence-corrected chi connectivity index (χ0v) is 11.9. The molecule has 1 aromatic heterocycles. The van der Waals surface area contributed by atoms with Gasteiger partial charge < -0.3 is 14.5 Å². The second kappa shape index (κ2) is 5.77. The van der Waals surface area contributed by atoms with E-state index >= 15 is 0 Å². The minimum absolute atomic E-state index is 0.300. The number of ether oxygens (including phenoxy) is 1. The number of hydrogen-bond donors (Lipinski definition) is 1. The van der Waals surface area contributed by atoms with Crippen molar-refractivity contribution >= 4 is 17.1 Å². The largest absolute Gasteiger partial charge is 0.497 e. The van der Waals surface area contributed by atoms with Gasteiger partial charge in [0.1, 0.15) is 5.75 Å². The molecule has 0 bridgehead atoms. The van der Waals surface area contributed by atoms with Crippen LogP contribution in [0.2, 0.25) is 0 Å². The number of benzene rings is 2. The first-order chi connectivity index (χ1) is 10.7. The Morgan fingerprint density at radius 3 is 2.64 bits per heavy atom. The van der Waals surface area contributed by atoms with E-state index in [1.54, 1.807) is 43.5 Å². The van der Waals surface area contributed by atoms with Gasteiger partial charge >= 0.3 is 11.8 Å². The van der Waals surface area contributed by atoms with Crippen LogP contribution >= 0.6 is 0 Å². The van der Waals surface area contributed by atoms with Gasteiger partial charge in [0.05, 0.1) is 12.6 Å². The number of nitrogens with zero attached hydrogens (tertiary/aromatic N) is 1. The van der Waals surface area contributed by atoms with Gasteiger partial charge in [0.2, 0.25) is 0 Å². The maximum atomic E-state index is 12.2. The van der Waals surface area contributed by atoms with E-state index < -0.39 is 11.8 Å². The Morgan fingerprint density at radius 2 is 1.91 bits per heavy atom. The van der Waals surface area contributed by atoms with E-state index in [0.717, 1.165) is 15.9 Å². The van der Waals surface area contributed by atoms with Gasteiger partial charge in [-0.25, -0.2) is 9.59 Å². The molecule has 112 valence electrons. The first-order valence-corrected chi connectivity index (χ1v) is 6.71. The van der Waals surface area contributed by atoms with E-state index in [0.29, 0.717) is 17.6 Å². The number of para-hydroxylation sites is 2. The fourth-order valence-corrected chi connectivity index (χ4v) is 2.16. The number of aromatic nitrogens is 1. The summed E-state index contributed by atoms with van der Waals surface area (Å²) < 4.78 is 11.1. The molecule has 0 saturated heterocycles. The molecular weight excluding hydrogens is 284 g/mol. The number of oxazole rings is 1. The quantitative estimate of drug-likeness (QED) is 0.805. The lowest BCUT2D eigenvalue weighted by atomic mass is 10.2. The molecule has 0 saturated carbocycles. The number of nitrogens with one attached hydrogen (secondary N) is 1. The molecule has 22 heavy (non-hydrogen) atoms. The normalized spacial score (nSPS) is 10.6. The molecule has 3 aromatic rings. The predicted octanol–water partition coefficient (Wildman–Crippen LogP) is 2.36. The SMILES string of the molecule is COc1ccc(CNC(=O)n2c(=O)oc3ccccc32)cc1. The average Bonchev–Trinajstić information content (AvgIpc) is 2.89. The van der Waals surface area contributed by atoms with Gasteiger partial charge in [-0.05, 0) is 29.8 Å². The molecule has 0 radical (unpaired) electrons. The molecule has 6 nitrogen and oxygen atoms in total. The highest BCUT2D eigenvalue weighted by atomic mass is 16.5. The number of amides is 1. The lowest BCUT2D eigenvalue weighted by Crippen LogP contribution is -2.33. The number of hydrogen-bond acceptors (Lipinski definition) is 4. The highest BCUT2D eigenvalue weighted by Gasteiger charge is 2.15. The third-order valence-electron chi connectivity index (χ3n) is 3.29. The number of rotatable bonds is 3. The molecule has 1 amide bonds. The van der Waals surface area contributed by atoms with Crippen LogP contribution < -0.4 is 15.8 Å². The van der Waals surface area contributed by atoms with Crippen LogP contribution in [-0.2, 0) is 6.54 Å². The second-order valence-electron chi connectivity index (χ2n) is 4.68. The molecule has 2 aromatic carbocycles. The molecule has 3 rings (SSSR count). The van der Waals surface area contributed by atoms with Gasteiger partial charge in [0.25, 0.3) is 0 Å². The minimum Gasteiger partial charge on any atom is -0.497 e. The summed E-state index contributed by atoms with van der Waals surface area (Å²) >= 11 is 0. The summed E-state index contributed by atoms with van der Waals surface area (Å²) in [6, 6.07) is 13.6. The summed E-state index contributed by atoms with van der Waals surface area (Å²) in [5, 5.41) is 2.70. The van der Waals surface area contributed by atoms with Gasteiger partial charge in [-0.1, -0.05) is 24.3 Å². The summed E-state index contributed by atoms with van der Waals surface area (Å²) in [4.78, 5) is 24.0. The molecule has 0 atom stereocenters. The smallest absolute Gasteiger partial charge is 0.428 e. The molecule has 0 aliphatic heterocycles. The van der Waals surface area contributed by atoms with Crippen LogP contribution in [0, 0.1) is 0 Å². The fourth-order valence-electron chi connectivity index (χ4n) is 2.16. The fraction of sp³-hybridized carbons (Fsp3) is 0.125. The average molecular weight is 298 g/mol. The summed E-state index contributed by atoms with van der Waals surface area (Å²) in [6.45, 7) is 0.300. The van der Waals surface area contributed by atoms with E-state index in [9.17, 15) is 9.59 Å². The number of carbonyl (C=O) groups excluding carboxylic acids is 1. The lowest BCUT2D eigenvalue weighted by Gasteiger charge is -2.06. The van der Waals surface area contributed by atoms with Crippen molar-refractivity contribution in [2.45, 2.75) is 6.54 Å². The molecule has 6 heteroatoms. The van der Waals surface area contributed by atoms with E-state index in [1.807, 2.05) is 12.1 Å². The standard InChI is InChI=1S/C16H14N2O4/c1-21-12-8-6-11(7-9-12)10-17-15(19)18-13-4-2-3-5-14(13)22-16(18)20/h2-9H,10H2,1H3,(H,17,19). The Morgan fingerprint density at radius 1 is 1.18 bits per heavy atom. The number of methoxy groups -OCH3 is 1. The van der Waals surface area contributed by atoms with Crippen molar-refractivity contribution in [3.05, 3.63) is 64.6 Å². The van der Waals surface area contributed by atoms with Crippen molar-refractivity contribution in [3.8, 4) is 5.75 Å². The van der Waals surface area contributed by atoms with Crippen LogP contribution in [0.4, 0.5) is 4.79 Å².